The first-order valence-electron chi connectivity index (χ1n) is 6.14. The summed E-state index contributed by atoms with van der Waals surface area (Å²) in [5.41, 5.74) is -0.152. The Kier molecular flexibility index (Phi) is 6.02. The lowest BCUT2D eigenvalue weighted by atomic mass is 10.1. The summed E-state index contributed by atoms with van der Waals surface area (Å²) >= 11 is 1.70. The third kappa shape index (κ3) is 5.57. The number of nitrogens with zero attached hydrogens (tertiary/aromatic N) is 2. The van der Waals surface area contributed by atoms with Crippen LogP contribution in [-0.4, -0.2) is 36.0 Å². The normalized spacial score (nSPS) is 12.0. The Bertz CT molecular complexity index is 325. The van der Waals surface area contributed by atoms with E-state index in [1.54, 1.807) is 18.4 Å². The molecule has 0 unspecified atom stereocenters. The van der Waals surface area contributed by atoms with Crippen LogP contribution in [0.15, 0.2) is 0 Å². The maximum absolute atomic E-state index is 5.39. The molecule has 1 aromatic rings. The zero-order valence-electron chi connectivity index (χ0n) is 11.2. The van der Waals surface area contributed by atoms with Crippen LogP contribution in [0.25, 0.3) is 0 Å². The summed E-state index contributed by atoms with van der Waals surface area (Å²) in [4.78, 5) is 0. The molecule has 0 aliphatic carbocycles. The van der Waals surface area contributed by atoms with E-state index in [0.29, 0.717) is 0 Å². The van der Waals surface area contributed by atoms with Gasteiger partial charge in [-0.05, 0) is 33.4 Å². The molecule has 1 aromatic heterocycles. The van der Waals surface area contributed by atoms with Gasteiger partial charge in [-0.15, -0.1) is 21.5 Å². The van der Waals surface area contributed by atoms with Gasteiger partial charge in [0.25, 0.3) is 0 Å². The van der Waals surface area contributed by atoms with Crippen LogP contribution in [-0.2, 0) is 17.6 Å². The Morgan fingerprint density at radius 1 is 1.29 bits per heavy atom. The first kappa shape index (κ1) is 14.5. The number of nitrogens with one attached hydrogen (secondary N) is 1. The standard InChI is InChI=1S/C12H23N3OS/c1-5-13-8-6-7-10-14-15-11(17-10)9-12(2,3)16-4/h13H,5-9H2,1-4H3. The smallest absolute Gasteiger partial charge is 0.120 e. The Morgan fingerprint density at radius 3 is 2.65 bits per heavy atom. The van der Waals surface area contributed by atoms with E-state index in [9.17, 15) is 0 Å². The van der Waals surface area contributed by atoms with Gasteiger partial charge in [0.05, 0.1) is 5.60 Å². The van der Waals surface area contributed by atoms with Gasteiger partial charge in [0.1, 0.15) is 10.0 Å². The topological polar surface area (TPSA) is 47.0 Å². The van der Waals surface area contributed by atoms with Gasteiger partial charge in [-0.3, -0.25) is 0 Å². The van der Waals surface area contributed by atoms with Crippen LogP contribution in [0.5, 0.6) is 0 Å². The molecule has 0 aliphatic rings. The van der Waals surface area contributed by atoms with Crippen LogP contribution in [0, 0.1) is 0 Å². The minimum Gasteiger partial charge on any atom is -0.378 e. The number of rotatable bonds is 8. The highest BCUT2D eigenvalue weighted by Gasteiger charge is 2.19. The van der Waals surface area contributed by atoms with E-state index in [1.807, 2.05) is 0 Å². The number of methoxy groups -OCH3 is 1. The van der Waals surface area contributed by atoms with Crippen molar-refractivity contribution >= 4 is 11.3 Å². The van der Waals surface area contributed by atoms with Gasteiger partial charge >= 0.3 is 0 Å². The monoisotopic (exact) mass is 257 g/mol. The quantitative estimate of drug-likeness (QED) is 0.724. The molecule has 0 saturated carbocycles. The zero-order valence-corrected chi connectivity index (χ0v) is 12.1. The molecule has 0 bridgehead atoms. The molecule has 4 nitrogen and oxygen atoms in total. The molecule has 0 spiro atoms. The predicted molar refractivity (Wildman–Crippen MR) is 71.6 cm³/mol. The van der Waals surface area contributed by atoms with Crippen molar-refractivity contribution in [2.45, 2.75) is 45.6 Å². The summed E-state index contributed by atoms with van der Waals surface area (Å²) in [6.45, 7) is 8.34. The Balaban J connectivity index is 2.37. The molecule has 98 valence electrons. The van der Waals surface area contributed by atoms with Crippen molar-refractivity contribution in [1.29, 1.82) is 0 Å². The van der Waals surface area contributed by atoms with Gasteiger partial charge < -0.3 is 10.1 Å². The second-order valence-electron chi connectivity index (χ2n) is 4.69. The first-order chi connectivity index (χ1) is 8.07. The highest BCUT2D eigenvalue weighted by molar-refractivity contribution is 7.11. The van der Waals surface area contributed by atoms with Gasteiger partial charge in [0.2, 0.25) is 0 Å². The van der Waals surface area contributed by atoms with Gasteiger partial charge in [-0.1, -0.05) is 6.92 Å². The summed E-state index contributed by atoms with van der Waals surface area (Å²) in [5, 5.41) is 13.9. The average Bonchev–Trinajstić information content (AvgIpc) is 2.71. The summed E-state index contributed by atoms with van der Waals surface area (Å²) in [7, 11) is 1.73. The second-order valence-corrected chi connectivity index (χ2v) is 5.83. The van der Waals surface area contributed by atoms with Crippen molar-refractivity contribution < 1.29 is 4.74 Å². The molecular formula is C12H23N3OS. The molecule has 0 aliphatic heterocycles. The van der Waals surface area contributed by atoms with Gasteiger partial charge in [-0.2, -0.15) is 0 Å². The number of aromatic nitrogens is 2. The third-order valence-corrected chi connectivity index (χ3v) is 3.62. The summed E-state index contributed by atoms with van der Waals surface area (Å²) in [5.74, 6) is 0. The lowest BCUT2D eigenvalue weighted by Crippen LogP contribution is -2.25. The molecule has 1 N–H and O–H groups in total. The number of hydrogen-bond acceptors (Lipinski definition) is 5. The molecule has 0 amide bonds. The molecule has 0 radical (unpaired) electrons. The fourth-order valence-corrected chi connectivity index (χ4v) is 2.54. The number of aryl methyl sites for hydroxylation is 1. The first-order valence-corrected chi connectivity index (χ1v) is 6.96. The van der Waals surface area contributed by atoms with Crippen molar-refractivity contribution in [3.05, 3.63) is 10.0 Å². The van der Waals surface area contributed by atoms with Gasteiger partial charge in [0.15, 0.2) is 0 Å². The molecule has 1 rings (SSSR count). The van der Waals surface area contributed by atoms with Crippen LogP contribution < -0.4 is 5.32 Å². The van der Waals surface area contributed by atoms with Crippen LogP contribution in [0.3, 0.4) is 0 Å². The molecule has 1 heterocycles. The predicted octanol–water partition coefficient (Wildman–Crippen LogP) is 2.05. The van der Waals surface area contributed by atoms with E-state index in [0.717, 1.165) is 42.4 Å². The molecule has 17 heavy (non-hydrogen) atoms. The van der Waals surface area contributed by atoms with Crippen molar-refractivity contribution in [1.82, 2.24) is 15.5 Å². The lowest BCUT2D eigenvalue weighted by Gasteiger charge is -2.20. The molecule has 0 atom stereocenters. The minimum absolute atomic E-state index is 0.152. The van der Waals surface area contributed by atoms with Crippen LogP contribution >= 0.6 is 11.3 Å². The van der Waals surface area contributed by atoms with Crippen molar-refractivity contribution in [2.24, 2.45) is 0 Å². The average molecular weight is 257 g/mol. The minimum atomic E-state index is -0.152. The highest BCUT2D eigenvalue weighted by Crippen LogP contribution is 2.19. The lowest BCUT2D eigenvalue weighted by molar-refractivity contribution is 0.0230. The molecule has 0 saturated heterocycles. The molecular weight excluding hydrogens is 234 g/mol. The third-order valence-electron chi connectivity index (χ3n) is 2.63. The van der Waals surface area contributed by atoms with Gasteiger partial charge in [0, 0.05) is 20.0 Å². The van der Waals surface area contributed by atoms with E-state index in [2.05, 4.69) is 36.3 Å². The van der Waals surface area contributed by atoms with Gasteiger partial charge in [-0.25, -0.2) is 0 Å². The van der Waals surface area contributed by atoms with Crippen molar-refractivity contribution in [2.75, 3.05) is 20.2 Å². The van der Waals surface area contributed by atoms with E-state index in [4.69, 9.17) is 4.74 Å². The SMILES string of the molecule is CCNCCCc1nnc(CC(C)(C)OC)s1. The Morgan fingerprint density at radius 2 is 2.00 bits per heavy atom. The number of hydrogen-bond donors (Lipinski definition) is 1. The highest BCUT2D eigenvalue weighted by atomic mass is 32.1. The van der Waals surface area contributed by atoms with Crippen molar-refractivity contribution in [3.63, 3.8) is 0 Å². The van der Waals surface area contributed by atoms with Crippen molar-refractivity contribution in [3.8, 4) is 0 Å². The van der Waals surface area contributed by atoms with E-state index in [-0.39, 0.29) is 5.60 Å². The Labute approximate surface area is 108 Å². The summed E-state index contributed by atoms with van der Waals surface area (Å²) in [6.07, 6.45) is 2.96. The largest absolute Gasteiger partial charge is 0.378 e. The molecule has 5 heteroatoms. The maximum atomic E-state index is 5.39. The maximum Gasteiger partial charge on any atom is 0.120 e. The summed E-state index contributed by atoms with van der Waals surface area (Å²) in [6, 6.07) is 0. The van der Waals surface area contributed by atoms with Crippen LogP contribution in [0.2, 0.25) is 0 Å². The zero-order chi connectivity index (χ0) is 12.7. The van der Waals surface area contributed by atoms with E-state index < -0.39 is 0 Å². The number of ether oxygens (including phenoxy) is 1. The Hall–Kier alpha value is -0.520. The van der Waals surface area contributed by atoms with Crippen LogP contribution in [0.1, 0.15) is 37.2 Å². The fraction of sp³-hybridized carbons (Fsp3) is 0.833. The fourth-order valence-electron chi connectivity index (χ4n) is 1.44. The second kappa shape index (κ2) is 7.03. The van der Waals surface area contributed by atoms with E-state index in [1.165, 1.54) is 0 Å². The summed E-state index contributed by atoms with van der Waals surface area (Å²) < 4.78 is 5.39. The van der Waals surface area contributed by atoms with E-state index >= 15 is 0 Å². The van der Waals surface area contributed by atoms with Crippen LogP contribution in [0.4, 0.5) is 0 Å². The molecule has 0 aromatic carbocycles. The molecule has 0 fully saturated rings.